The SMILES string of the molecule is Cc1ccc(C(=O)N2CC(O)(C3CC3)C2)c(C)c1. The molecular formula is C15H19NO2. The van der Waals surface area contributed by atoms with Gasteiger partial charge in [0, 0.05) is 5.56 Å². The van der Waals surface area contributed by atoms with Gasteiger partial charge >= 0.3 is 0 Å². The molecule has 1 saturated carbocycles. The largest absolute Gasteiger partial charge is 0.386 e. The van der Waals surface area contributed by atoms with E-state index in [1.165, 1.54) is 5.56 Å². The summed E-state index contributed by atoms with van der Waals surface area (Å²) < 4.78 is 0. The van der Waals surface area contributed by atoms with Crippen molar-refractivity contribution in [1.29, 1.82) is 0 Å². The molecule has 2 aliphatic rings. The van der Waals surface area contributed by atoms with Gasteiger partial charge in [0.1, 0.15) is 5.60 Å². The molecule has 3 heteroatoms. The number of aliphatic hydroxyl groups is 1. The Kier molecular flexibility index (Phi) is 2.49. The van der Waals surface area contributed by atoms with Crippen LogP contribution in [0.1, 0.15) is 34.3 Å². The number of β-amino-alcohol motifs (C(OH)–C–C–N with tert-alkyl or cyclic N) is 1. The van der Waals surface area contributed by atoms with E-state index in [2.05, 4.69) is 0 Å². The van der Waals surface area contributed by atoms with Gasteiger partial charge < -0.3 is 10.0 Å². The molecule has 0 radical (unpaired) electrons. The Morgan fingerprint density at radius 3 is 2.56 bits per heavy atom. The van der Waals surface area contributed by atoms with Crippen LogP contribution in [0.3, 0.4) is 0 Å². The van der Waals surface area contributed by atoms with Gasteiger partial charge in [-0.2, -0.15) is 0 Å². The Hall–Kier alpha value is -1.35. The third-order valence-electron chi connectivity index (χ3n) is 4.17. The molecule has 1 N–H and O–H groups in total. The predicted molar refractivity (Wildman–Crippen MR) is 69.5 cm³/mol. The van der Waals surface area contributed by atoms with Crippen LogP contribution in [0.2, 0.25) is 0 Å². The van der Waals surface area contributed by atoms with Gasteiger partial charge in [-0.3, -0.25) is 4.79 Å². The van der Waals surface area contributed by atoms with E-state index in [0.29, 0.717) is 19.0 Å². The van der Waals surface area contributed by atoms with Crippen LogP contribution in [0, 0.1) is 19.8 Å². The van der Waals surface area contributed by atoms with Crippen molar-refractivity contribution < 1.29 is 9.90 Å². The average molecular weight is 245 g/mol. The Morgan fingerprint density at radius 1 is 1.33 bits per heavy atom. The summed E-state index contributed by atoms with van der Waals surface area (Å²) >= 11 is 0. The first-order valence-corrected chi connectivity index (χ1v) is 6.58. The number of hydrogen-bond acceptors (Lipinski definition) is 2. The molecule has 1 amide bonds. The van der Waals surface area contributed by atoms with Gasteiger partial charge in [-0.15, -0.1) is 0 Å². The highest BCUT2D eigenvalue weighted by Crippen LogP contribution is 2.44. The molecule has 1 aromatic carbocycles. The molecule has 0 atom stereocenters. The van der Waals surface area contributed by atoms with Gasteiger partial charge in [0.25, 0.3) is 5.91 Å². The normalized spacial score (nSPS) is 21.6. The van der Waals surface area contributed by atoms with Crippen molar-refractivity contribution in [3.63, 3.8) is 0 Å². The summed E-state index contributed by atoms with van der Waals surface area (Å²) in [5.74, 6) is 0.485. The minimum atomic E-state index is -0.589. The minimum Gasteiger partial charge on any atom is -0.386 e. The van der Waals surface area contributed by atoms with E-state index in [1.807, 2.05) is 32.0 Å². The van der Waals surface area contributed by atoms with Crippen molar-refractivity contribution >= 4 is 5.91 Å². The molecule has 18 heavy (non-hydrogen) atoms. The molecule has 1 heterocycles. The van der Waals surface area contributed by atoms with E-state index < -0.39 is 5.60 Å². The zero-order valence-corrected chi connectivity index (χ0v) is 10.9. The molecular weight excluding hydrogens is 226 g/mol. The van der Waals surface area contributed by atoms with Gasteiger partial charge in [-0.05, 0) is 44.2 Å². The van der Waals surface area contributed by atoms with E-state index in [9.17, 15) is 9.90 Å². The van der Waals surface area contributed by atoms with Crippen LogP contribution in [0.15, 0.2) is 18.2 Å². The fraction of sp³-hybridized carbons (Fsp3) is 0.533. The fourth-order valence-electron chi connectivity index (χ4n) is 2.86. The zero-order valence-electron chi connectivity index (χ0n) is 10.9. The van der Waals surface area contributed by atoms with Crippen LogP contribution < -0.4 is 0 Å². The van der Waals surface area contributed by atoms with Crippen LogP contribution in [0.5, 0.6) is 0 Å². The number of aryl methyl sites for hydroxylation is 2. The molecule has 0 unspecified atom stereocenters. The van der Waals surface area contributed by atoms with Crippen LogP contribution in [-0.2, 0) is 0 Å². The van der Waals surface area contributed by atoms with Crippen LogP contribution in [-0.4, -0.2) is 34.6 Å². The van der Waals surface area contributed by atoms with E-state index in [0.717, 1.165) is 24.0 Å². The quantitative estimate of drug-likeness (QED) is 0.864. The van der Waals surface area contributed by atoms with Crippen molar-refractivity contribution in [2.45, 2.75) is 32.3 Å². The Morgan fingerprint density at radius 2 is 2.00 bits per heavy atom. The number of rotatable bonds is 2. The first-order chi connectivity index (χ1) is 8.49. The van der Waals surface area contributed by atoms with Gasteiger partial charge in [0.2, 0.25) is 0 Å². The molecule has 0 spiro atoms. The van der Waals surface area contributed by atoms with E-state index in [-0.39, 0.29) is 5.91 Å². The topological polar surface area (TPSA) is 40.5 Å². The Balaban J connectivity index is 1.72. The summed E-state index contributed by atoms with van der Waals surface area (Å²) in [6.45, 7) is 5.00. The number of amides is 1. The molecule has 1 aromatic rings. The smallest absolute Gasteiger partial charge is 0.254 e. The highest BCUT2D eigenvalue weighted by molar-refractivity contribution is 5.96. The number of carbonyl (C=O) groups excluding carboxylic acids is 1. The van der Waals surface area contributed by atoms with Crippen LogP contribution in [0.25, 0.3) is 0 Å². The van der Waals surface area contributed by atoms with Gasteiger partial charge in [0.05, 0.1) is 13.1 Å². The molecule has 2 fully saturated rings. The maximum Gasteiger partial charge on any atom is 0.254 e. The summed E-state index contributed by atoms with van der Waals surface area (Å²) in [7, 11) is 0. The summed E-state index contributed by atoms with van der Waals surface area (Å²) in [6.07, 6.45) is 2.23. The number of carbonyl (C=O) groups is 1. The number of benzene rings is 1. The minimum absolute atomic E-state index is 0.0535. The lowest BCUT2D eigenvalue weighted by Crippen LogP contribution is -2.64. The van der Waals surface area contributed by atoms with Crippen molar-refractivity contribution in [3.8, 4) is 0 Å². The predicted octanol–water partition coefficient (Wildman–Crippen LogP) is 1.90. The zero-order chi connectivity index (χ0) is 12.9. The van der Waals surface area contributed by atoms with E-state index >= 15 is 0 Å². The maximum absolute atomic E-state index is 12.3. The summed E-state index contributed by atoms with van der Waals surface area (Å²) in [6, 6.07) is 5.88. The lowest BCUT2D eigenvalue weighted by Gasteiger charge is -2.47. The monoisotopic (exact) mass is 245 g/mol. The molecule has 1 aliphatic heterocycles. The standard InChI is InChI=1S/C15H19NO2/c1-10-3-6-13(11(2)7-10)14(17)16-8-15(18,9-16)12-4-5-12/h3,6-7,12,18H,4-5,8-9H2,1-2H3. The first kappa shape index (κ1) is 11.7. The van der Waals surface area contributed by atoms with Crippen molar-refractivity contribution in [1.82, 2.24) is 4.90 Å². The highest BCUT2D eigenvalue weighted by atomic mass is 16.3. The lowest BCUT2D eigenvalue weighted by atomic mass is 9.88. The third kappa shape index (κ3) is 1.83. The fourth-order valence-corrected chi connectivity index (χ4v) is 2.86. The van der Waals surface area contributed by atoms with Crippen LogP contribution >= 0.6 is 0 Å². The van der Waals surface area contributed by atoms with Crippen molar-refractivity contribution in [3.05, 3.63) is 34.9 Å². The molecule has 3 nitrogen and oxygen atoms in total. The van der Waals surface area contributed by atoms with Crippen LogP contribution in [0.4, 0.5) is 0 Å². The Bertz CT molecular complexity index is 499. The van der Waals surface area contributed by atoms with Crippen molar-refractivity contribution in [2.75, 3.05) is 13.1 Å². The molecule has 96 valence electrons. The second-order valence-corrected chi connectivity index (χ2v) is 5.86. The average Bonchev–Trinajstić information content (AvgIpc) is 3.08. The summed E-state index contributed by atoms with van der Waals surface area (Å²) in [5, 5.41) is 10.2. The number of hydrogen-bond donors (Lipinski definition) is 1. The molecule has 3 rings (SSSR count). The Labute approximate surface area is 107 Å². The number of likely N-dealkylation sites (tertiary alicyclic amines) is 1. The molecule has 0 bridgehead atoms. The molecule has 1 saturated heterocycles. The molecule has 0 aromatic heterocycles. The number of nitrogens with zero attached hydrogens (tertiary/aromatic N) is 1. The molecule has 1 aliphatic carbocycles. The first-order valence-electron chi connectivity index (χ1n) is 6.58. The second-order valence-electron chi connectivity index (χ2n) is 5.86. The van der Waals surface area contributed by atoms with E-state index in [1.54, 1.807) is 4.90 Å². The third-order valence-corrected chi connectivity index (χ3v) is 4.17. The lowest BCUT2D eigenvalue weighted by molar-refractivity contribution is -0.0958. The highest BCUT2D eigenvalue weighted by Gasteiger charge is 2.53. The van der Waals surface area contributed by atoms with Gasteiger partial charge in [-0.25, -0.2) is 0 Å². The summed E-state index contributed by atoms with van der Waals surface area (Å²) in [4.78, 5) is 14.1. The second kappa shape index (κ2) is 3.82. The van der Waals surface area contributed by atoms with Gasteiger partial charge in [0.15, 0.2) is 0 Å². The van der Waals surface area contributed by atoms with Gasteiger partial charge in [-0.1, -0.05) is 17.7 Å². The summed E-state index contributed by atoms with van der Waals surface area (Å²) in [5.41, 5.74) is 2.36. The maximum atomic E-state index is 12.3. The van der Waals surface area contributed by atoms with E-state index in [4.69, 9.17) is 0 Å². The van der Waals surface area contributed by atoms with Crippen molar-refractivity contribution in [2.24, 2.45) is 5.92 Å².